The highest BCUT2D eigenvalue weighted by Crippen LogP contribution is 2.30. The molecule has 100 valence electrons. The first-order chi connectivity index (χ1) is 9.20. The third kappa shape index (κ3) is 3.58. The van der Waals surface area contributed by atoms with Crippen molar-refractivity contribution in [1.29, 1.82) is 0 Å². The number of hydrogen-bond donors (Lipinski definition) is 1. The van der Waals surface area contributed by atoms with Crippen LogP contribution in [0.2, 0.25) is 0 Å². The molecule has 2 nitrogen and oxygen atoms in total. The minimum Gasteiger partial charge on any atom is -0.457 e. The second kappa shape index (κ2) is 6.39. The topological polar surface area (TPSA) is 35.2 Å². The van der Waals surface area contributed by atoms with Gasteiger partial charge in [0, 0.05) is 0 Å². The molecule has 0 aliphatic carbocycles. The zero-order chi connectivity index (χ0) is 13.7. The molecular weight excluding hydrogens is 234 g/mol. The summed E-state index contributed by atoms with van der Waals surface area (Å²) in [4.78, 5) is 0. The van der Waals surface area contributed by atoms with Gasteiger partial charge in [-0.05, 0) is 48.2 Å². The monoisotopic (exact) mass is 255 g/mol. The molecule has 19 heavy (non-hydrogen) atoms. The van der Waals surface area contributed by atoms with E-state index in [4.69, 9.17) is 10.5 Å². The van der Waals surface area contributed by atoms with Gasteiger partial charge in [-0.15, -0.1) is 0 Å². The van der Waals surface area contributed by atoms with Crippen molar-refractivity contribution in [1.82, 2.24) is 0 Å². The maximum Gasteiger partial charge on any atom is 0.130 e. The molecule has 0 spiro atoms. The standard InChI is InChI=1S/C17H21NO/c1-13(2)16-8-3-4-9-17(16)19-15-7-5-6-14(12-15)10-11-18/h3-9,12-13H,10-11,18H2,1-2H3. The number of nitrogens with two attached hydrogens (primary N) is 1. The summed E-state index contributed by atoms with van der Waals surface area (Å²) in [6, 6.07) is 16.3. The molecule has 0 aromatic heterocycles. The van der Waals surface area contributed by atoms with Crippen LogP contribution >= 0.6 is 0 Å². The Balaban J connectivity index is 2.23. The van der Waals surface area contributed by atoms with Crippen LogP contribution in [0.5, 0.6) is 11.5 Å². The molecule has 0 heterocycles. The van der Waals surface area contributed by atoms with E-state index < -0.39 is 0 Å². The number of ether oxygens (including phenoxy) is 1. The Kier molecular flexibility index (Phi) is 4.58. The lowest BCUT2D eigenvalue weighted by Crippen LogP contribution is -2.02. The molecule has 2 rings (SSSR count). The summed E-state index contributed by atoms with van der Waals surface area (Å²) in [5.74, 6) is 2.25. The maximum absolute atomic E-state index is 6.02. The van der Waals surface area contributed by atoms with Crippen LogP contribution in [0.25, 0.3) is 0 Å². The molecular formula is C17H21NO. The van der Waals surface area contributed by atoms with E-state index in [1.807, 2.05) is 30.3 Å². The van der Waals surface area contributed by atoms with Gasteiger partial charge in [0.1, 0.15) is 11.5 Å². The van der Waals surface area contributed by atoms with E-state index in [0.29, 0.717) is 12.5 Å². The summed E-state index contributed by atoms with van der Waals surface area (Å²) < 4.78 is 6.02. The molecule has 2 heteroatoms. The van der Waals surface area contributed by atoms with Crippen LogP contribution in [-0.2, 0) is 6.42 Å². The quantitative estimate of drug-likeness (QED) is 0.872. The Labute approximate surface area is 115 Å². The minimum absolute atomic E-state index is 0.448. The molecule has 0 radical (unpaired) electrons. The van der Waals surface area contributed by atoms with Crippen LogP contribution in [0.3, 0.4) is 0 Å². The number of rotatable bonds is 5. The van der Waals surface area contributed by atoms with Gasteiger partial charge in [0.15, 0.2) is 0 Å². The molecule has 0 unspecified atom stereocenters. The van der Waals surface area contributed by atoms with Crippen LogP contribution in [0.15, 0.2) is 48.5 Å². The second-order valence-electron chi connectivity index (χ2n) is 4.98. The predicted octanol–water partition coefficient (Wildman–Crippen LogP) is 4.10. The first-order valence-corrected chi connectivity index (χ1v) is 6.76. The van der Waals surface area contributed by atoms with Gasteiger partial charge < -0.3 is 10.5 Å². The van der Waals surface area contributed by atoms with E-state index in [0.717, 1.165) is 17.9 Å². The van der Waals surface area contributed by atoms with Gasteiger partial charge in [-0.1, -0.05) is 44.2 Å². The van der Waals surface area contributed by atoms with E-state index in [1.165, 1.54) is 11.1 Å². The van der Waals surface area contributed by atoms with Crippen LogP contribution in [0, 0.1) is 0 Å². The van der Waals surface area contributed by atoms with Crippen molar-refractivity contribution in [2.45, 2.75) is 26.2 Å². The molecule has 0 aliphatic heterocycles. The molecule has 0 saturated carbocycles. The smallest absolute Gasteiger partial charge is 0.130 e. The molecule has 2 aromatic rings. The number of benzene rings is 2. The normalized spacial score (nSPS) is 10.7. The lowest BCUT2D eigenvalue weighted by atomic mass is 10.0. The van der Waals surface area contributed by atoms with Crippen LogP contribution in [-0.4, -0.2) is 6.54 Å². The first kappa shape index (κ1) is 13.6. The van der Waals surface area contributed by atoms with Crippen molar-refractivity contribution in [3.05, 3.63) is 59.7 Å². The SMILES string of the molecule is CC(C)c1ccccc1Oc1cccc(CCN)c1. The lowest BCUT2D eigenvalue weighted by molar-refractivity contribution is 0.472. The molecule has 0 saturated heterocycles. The summed E-state index contributed by atoms with van der Waals surface area (Å²) in [5.41, 5.74) is 8.02. The van der Waals surface area contributed by atoms with Crippen molar-refractivity contribution < 1.29 is 4.74 Å². The fourth-order valence-electron chi connectivity index (χ4n) is 2.11. The zero-order valence-electron chi connectivity index (χ0n) is 11.6. The average molecular weight is 255 g/mol. The summed E-state index contributed by atoms with van der Waals surface area (Å²) in [6.07, 6.45) is 0.878. The zero-order valence-corrected chi connectivity index (χ0v) is 11.6. The Morgan fingerprint density at radius 1 is 1.05 bits per heavy atom. The van der Waals surface area contributed by atoms with E-state index in [-0.39, 0.29) is 0 Å². The van der Waals surface area contributed by atoms with Gasteiger partial charge in [0.25, 0.3) is 0 Å². The van der Waals surface area contributed by atoms with Gasteiger partial charge in [-0.2, -0.15) is 0 Å². The number of para-hydroxylation sites is 1. The summed E-state index contributed by atoms with van der Waals surface area (Å²) in [6.45, 7) is 5.01. The van der Waals surface area contributed by atoms with E-state index >= 15 is 0 Å². The summed E-state index contributed by atoms with van der Waals surface area (Å²) in [5, 5.41) is 0. The first-order valence-electron chi connectivity index (χ1n) is 6.76. The third-order valence-electron chi connectivity index (χ3n) is 3.10. The van der Waals surface area contributed by atoms with Crippen LogP contribution in [0.1, 0.15) is 30.9 Å². The largest absolute Gasteiger partial charge is 0.457 e. The van der Waals surface area contributed by atoms with Gasteiger partial charge in [0.2, 0.25) is 0 Å². The van der Waals surface area contributed by atoms with Gasteiger partial charge in [-0.25, -0.2) is 0 Å². The maximum atomic E-state index is 6.02. The van der Waals surface area contributed by atoms with Crippen molar-refractivity contribution in [2.24, 2.45) is 5.73 Å². The van der Waals surface area contributed by atoms with Crippen molar-refractivity contribution in [3.63, 3.8) is 0 Å². The Morgan fingerprint density at radius 2 is 1.84 bits per heavy atom. The van der Waals surface area contributed by atoms with E-state index in [2.05, 4.69) is 32.0 Å². The van der Waals surface area contributed by atoms with E-state index in [9.17, 15) is 0 Å². The molecule has 0 bridgehead atoms. The molecule has 0 aliphatic rings. The highest BCUT2D eigenvalue weighted by atomic mass is 16.5. The van der Waals surface area contributed by atoms with E-state index in [1.54, 1.807) is 0 Å². The molecule has 0 amide bonds. The summed E-state index contributed by atoms with van der Waals surface area (Å²) in [7, 11) is 0. The predicted molar refractivity (Wildman–Crippen MR) is 79.8 cm³/mol. The molecule has 2 N–H and O–H groups in total. The van der Waals surface area contributed by atoms with Gasteiger partial charge in [0.05, 0.1) is 0 Å². The van der Waals surface area contributed by atoms with Crippen LogP contribution in [0.4, 0.5) is 0 Å². The highest BCUT2D eigenvalue weighted by Gasteiger charge is 2.07. The summed E-state index contributed by atoms with van der Waals surface area (Å²) >= 11 is 0. The Hall–Kier alpha value is -1.80. The number of hydrogen-bond acceptors (Lipinski definition) is 2. The second-order valence-corrected chi connectivity index (χ2v) is 4.98. The molecule has 2 aromatic carbocycles. The lowest BCUT2D eigenvalue weighted by Gasteiger charge is -2.14. The Bertz CT molecular complexity index is 534. The van der Waals surface area contributed by atoms with Crippen molar-refractivity contribution >= 4 is 0 Å². The average Bonchev–Trinajstić information content (AvgIpc) is 2.40. The molecule has 0 fully saturated rings. The molecule has 0 atom stereocenters. The van der Waals surface area contributed by atoms with Gasteiger partial charge in [-0.3, -0.25) is 0 Å². The van der Waals surface area contributed by atoms with Crippen molar-refractivity contribution in [3.8, 4) is 11.5 Å². The fourth-order valence-corrected chi connectivity index (χ4v) is 2.11. The fraction of sp³-hybridized carbons (Fsp3) is 0.294. The highest BCUT2D eigenvalue weighted by molar-refractivity contribution is 5.40. The third-order valence-corrected chi connectivity index (χ3v) is 3.10. The van der Waals surface area contributed by atoms with Crippen LogP contribution < -0.4 is 10.5 Å². The van der Waals surface area contributed by atoms with Crippen molar-refractivity contribution in [2.75, 3.05) is 6.54 Å². The van der Waals surface area contributed by atoms with Gasteiger partial charge >= 0.3 is 0 Å². The minimum atomic E-state index is 0.448. The Morgan fingerprint density at radius 3 is 2.58 bits per heavy atom.